The largest absolute Gasteiger partial charge is 0.480 e. The van der Waals surface area contributed by atoms with E-state index in [0.29, 0.717) is 0 Å². The number of nitrogens with zero attached hydrogens (tertiary/aromatic N) is 1. The number of nitrogens with one attached hydrogen (secondary N) is 1. The van der Waals surface area contributed by atoms with Crippen LogP contribution in [0.2, 0.25) is 0 Å². The number of anilines is 2. The molecule has 0 saturated heterocycles. The summed E-state index contributed by atoms with van der Waals surface area (Å²) in [5, 5.41) is 12.2. The quantitative estimate of drug-likeness (QED) is 0.874. The molecule has 0 aliphatic carbocycles. The monoisotopic (exact) mass is 284 g/mol. The van der Waals surface area contributed by atoms with Crippen LogP contribution < -0.4 is 10.2 Å². The van der Waals surface area contributed by atoms with Crippen LogP contribution in [0.3, 0.4) is 0 Å². The minimum absolute atomic E-state index is 0.0390. The molecule has 1 aromatic rings. The van der Waals surface area contributed by atoms with Crippen molar-refractivity contribution in [3.05, 3.63) is 22.7 Å². The number of carboxylic acids is 1. The van der Waals surface area contributed by atoms with E-state index in [1.807, 2.05) is 23.1 Å². The van der Waals surface area contributed by atoms with E-state index in [1.54, 1.807) is 0 Å². The van der Waals surface area contributed by atoms with Crippen molar-refractivity contribution in [3.8, 4) is 0 Å². The molecule has 0 fully saturated rings. The van der Waals surface area contributed by atoms with E-state index >= 15 is 0 Å². The molecule has 16 heavy (non-hydrogen) atoms. The Hall–Kier alpha value is -1.23. The average molecular weight is 285 g/mol. The van der Waals surface area contributed by atoms with E-state index in [0.717, 1.165) is 35.4 Å². The summed E-state index contributed by atoms with van der Waals surface area (Å²) in [6.07, 6.45) is 0.939. The fourth-order valence-corrected chi connectivity index (χ4v) is 2.52. The van der Waals surface area contributed by atoms with Crippen molar-refractivity contribution in [2.24, 2.45) is 0 Å². The van der Waals surface area contributed by atoms with Crippen molar-refractivity contribution in [2.45, 2.75) is 6.42 Å². The van der Waals surface area contributed by atoms with Gasteiger partial charge in [-0.2, -0.15) is 0 Å². The summed E-state index contributed by atoms with van der Waals surface area (Å²) in [5.74, 6) is -0.802. The Balaban J connectivity index is 2.38. The lowest BCUT2D eigenvalue weighted by Gasteiger charge is -2.23. The van der Waals surface area contributed by atoms with E-state index in [9.17, 15) is 4.79 Å². The lowest BCUT2D eigenvalue weighted by molar-refractivity contribution is -0.135. The molecule has 0 aromatic heterocycles. The second-order valence-electron chi connectivity index (χ2n) is 3.73. The number of halogens is 1. The van der Waals surface area contributed by atoms with E-state index < -0.39 is 5.97 Å². The first kappa shape index (κ1) is 11.3. The molecule has 1 aliphatic rings. The van der Waals surface area contributed by atoms with Gasteiger partial charge < -0.3 is 15.3 Å². The molecular weight excluding hydrogens is 272 g/mol. The van der Waals surface area contributed by atoms with Gasteiger partial charge in [0.2, 0.25) is 0 Å². The van der Waals surface area contributed by atoms with E-state index in [4.69, 9.17) is 5.11 Å². The van der Waals surface area contributed by atoms with Crippen molar-refractivity contribution in [3.63, 3.8) is 0 Å². The highest BCUT2D eigenvalue weighted by Gasteiger charge is 2.19. The molecule has 0 amide bonds. The molecule has 0 atom stereocenters. The first-order valence-corrected chi connectivity index (χ1v) is 5.97. The second kappa shape index (κ2) is 4.74. The number of hydrogen-bond donors (Lipinski definition) is 2. The maximum Gasteiger partial charge on any atom is 0.323 e. The molecular formula is C11H13BrN2O2. The Labute approximate surface area is 102 Å². The van der Waals surface area contributed by atoms with Crippen molar-refractivity contribution < 1.29 is 9.90 Å². The first-order valence-electron chi connectivity index (χ1n) is 5.17. The summed E-state index contributed by atoms with van der Waals surface area (Å²) in [6, 6.07) is 5.85. The zero-order chi connectivity index (χ0) is 11.5. The third-order valence-electron chi connectivity index (χ3n) is 2.55. The average Bonchev–Trinajstić information content (AvgIpc) is 2.41. The fourth-order valence-electron chi connectivity index (χ4n) is 1.91. The second-order valence-corrected chi connectivity index (χ2v) is 4.59. The van der Waals surface area contributed by atoms with Gasteiger partial charge in [-0.25, -0.2) is 0 Å². The Bertz CT molecular complexity index is 409. The molecule has 0 radical (unpaired) electrons. The summed E-state index contributed by atoms with van der Waals surface area (Å²) < 4.78 is 0.931. The van der Waals surface area contributed by atoms with Crippen LogP contribution in [0.1, 0.15) is 6.42 Å². The number of aliphatic carboxylic acids is 1. The van der Waals surface area contributed by atoms with Gasteiger partial charge in [-0.3, -0.25) is 4.79 Å². The highest BCUT2D eigenvalue weighted by Crippen LogP contribution is 2.35. The van der Waals surface area contributed by atoms with Gasteiger partial charge in [0.15, 0.2) is 0 Å². The van der Waals surface area contributed by atoms with E-state index in [-0.39, 0.29) is 6.54 Å². The molecule has 5 heteroatoms. The lowest BCUT2D eigenvalue weighted by atomic mass is 10.2. The highest BCUT2D eigenvalue weighted by atomic mass is 79.9. The van der Waals surface area contributed by atoms with Gasteiger partial charge in [-0.15, -0.1) is 0 Å². The van der Waals surface area contributed by atoms with Crippen LogP contribution in [-0.2, 0) is 4.79 Å². The normalized spacial score (nSPS) is 14.9. The number of benzene rings is 1. The predicted octanol–water partition coefficient (Wildman–Crippen LogP) is 2.16. The standard InChI is InChI=1S/C11H13BrN2O2/c12-8-3-1-4-9-11(8)14(7-10(15)16)6-2-5-13-9/h1,3-4,13H,2,5-7H2,(H,15,16). The molecule has 4 nitrogen and oxygen atoms in total. The maximum absolute atomic E-state index is 10.8. The van der Waals surface area contributed by atoms with Gasteiger partial charge in [-0.1, -0.05) is 6.07 Å². The molecule has 1 heterocycles. The number of carboxylic acid groups (broad SMARTS) is 1. The lowest BCUT2D eigenvalue weighted by Crippen LogP contribution is -2.30. The molecule has 86 valence electrons. The van der Waals surface area contributed by atoms with Gasteiger partial charge in [-0.05, 0) is 34.5 Å². The first-order chi connectivity index (χ1) is 7.68. The van der Waals surface area contributed by atoms with Crippen LogP contribution in [0.4, 0.5) is 11.4 Å². The van der Waals surface area contributed by atoms with Crippen LogP contribution in [0.5, 0.6) is 0 Å². The van der Waals surface area contributed by atoms with Crippen molar-refractivity contribution in [1.29, 1.82) is 0 Å². The van der Waals surface area contributed by atoms with E-state index in [2.05, 4.69) is 21.2 Å². The number of fused-ring (bicyclic) bond motifs is 1. The number of para-hydroxylation sites is 1. The molecule has 1 aromatic carbocycles. The Morgan fingerprint density at radius 3 is 3.12 bits per heavy atom. The Morgan fingerprint density at radius 1 is 1.56 bits per heavy atom. The minimum atomic E-state index is -0.802. The SMILES string of the molecule is O=C(O)CN1CCCNc2cccc(Br)c21. The van der Waals surface area contributed by atoms with Crippen LogP contribution in [-0.4, -0.2) is 30.7 Å². The third-order valence-corrected chi connectivity index (χ3v) is 3.19. The van der Waals surface area contributed by atoms with Gasteiger partial charge in [0.1, 0.15) is 6.54 Å². The van der Waals surface area contributed by atoms with Gasteiger partial charge in [0.05, 0.1) is 11.4 Å². The maximum atomic E-state index is 10.8. The highest BCUT2D eigenvalue weighted by molar-refractivity contribution is 9.10. The summed E-state index contributed by atoms with van der Waals surface area (Å²) in [7, 11) is 0. The van der Waals surface area contributed by atoms with Crippen molar-refractivity contribution in [1.82, 2.24) is 0 Å². The summed E-state index contributed by atoms with van der Waals surface area (Å²) >= 11 is 3.47. The molecule has 0 spiro atoms. The van der Waals surface area contributed by atoms with E-state index in [1.165, 1.54) is 0 Å². The molecule has 1 aliphatic heterocycles. The summed E-state index contributed by atoms with van der Waals surface area (Å²) in [5.41, 5.74) is 1.94. The third kappa shape index (κ3) is 2.29. The smallest absolute Gasteiger partial charge is 0.323 e. The minimum Gasteiger partial charge on any atom is -0.480 e. The van der Waals surface area contributed by atoms with Crippen molar-refractivity contribution >= 4 is 33.3 Å². The molecule has 2 N–H and O–H groups in total. The zero-order valence-electron chi connectivity index (χ0n) is 8.74. The van der Waals surface area contributed by atoms with Crippen LogP contribution in [0.25, 0.3) is 0 Å². The number of hydrogen-bond acceptors (Lipinski definition) is 3. The zero-order valence-corrected chi connectivity index (χ0v) is 10.3. The summed E-state index contributed by atoms with van der Waals surface area (Å²) in [4.78, 5) is 12.7. The fraction of sp³-hybridized carbons (Fsp3) is 0.364. The van der Waals surface area contributed by atoms with Gasteiger partial charge in [0, 0.05) is 17.6 Å². The molecule has 0 saturated carbocycles. The molecule has 0 unspecified atom stereocenters. The van der Waals surface area contributed by atoms with Gasteiger partial charge in [0.25, 0.3) is 0 Å². The Kier molecular flexibility index (Phi) is 3.33. The predicted molar refractivity (Wildman–Crippen MR) is 67.1 cm³/mol. The van der Waals surface area contributed by atoms with Crippen LogP contribution in [0, 0.1) is 0 Å². The molecule has 0 bridgehead atoms. The van der Waals surface area contributed by atoms with Gasteiger partial charge >= 0.3 is 5.97 Å². The summed E-state index contributed by atoms with van der Waals surface area (Å²) in [6.45, 7) is 1.67. The van der Waals surface area contributed by atoms with Crippen LogP contribution >= 0.6 is 15.9 Å². The number of rotatable bonds is 2. The number of carbonyl (C=O) groups is 1. The Morgan fingerprint density at radius 2 is 2.38 bits per heavy atom. The topological polar surface area (TPSA) is 52.6 Å². The van der Waals surface area contributed by atoms with Crippen molar-refractivity contribution in [2.75, 3.05) is 29.9 Å². The molecule has 2 rings (SSSR count). The van der Waals surface area contributed by atoms with Crippen LogP contribution in [0.15, 0.2) is 22.7 Å².